The summed E-state index contributed by atoms with van der Waals surface area (Å²) in [7, 11) is -4.04. The van der Waals surface area contributed by atoms with Crippen LogP contribution in [0.5, 0.6) is 5.75 Å². The minimum absolute atomic E-state index is 0.00637. The van der Waals surface area contributed by atoms with Crippen molar-refractivity contribution < 1.29 is 18.1 Å². The molecule has 0 atom stereocenters. The van der Waals surface area contributed by atoms with E-state index in [4.69, 9.17) is 4.55 Å². The van der Waals surface area contributed by atoms with Crippen LogP contribution in [0.2, 0.25) is 0 Å². The maximum absolute atomic E-state index is 12.0. The van der Waals surface area contributed by atoms with E-state index in [1.54, 1.807) is 6.08 Å². The first-order chi connectivity index (χ1) is 14.5. The molecule has 0 spiro atoms. The van der Waals surface area contributed by atoms with Crippen LogP contribution in [0.4, 0.5) is 5.69 Å². The normalized spacial score (nSPS) is 17.0. The minimum Gasteiger partial charge on any atom is -0.504 e. The van der Waals surface area contributed by atoms with Crippen LogP contribution in [-0.4, -0.2) is 30.4 Å². The molecule has 0 radical (unpaired) electrons. The lowest BCUT2D eigenvalue weighted by Crippen LogP contribution is -2.34. The van der Waals surface area contributed by atoms with Crippen LogP contribution in [0, 0.1) is 0 Å². The van der Waals surface area contributed by atoms with E-state index in [1.165, 1.54) is 0 Å². The molecule has 0 aliphatic carbocycles. The molecule has 8 heteroatoms. The Morgan fingerprint density at radius 3 is 2.42 bits per heavy atom. The quantitative estimate of drug-likeness (QED) is 0.344. The van der Waals surface area contributed by atoms with E-state index in [0.717, 1.165) is 27.7 Å². The van der Waals surface area contributed by atoms with Crippen molar-refractivity contribution >= 4 is 32.7 Å². The molecule has 3 aromatic rings. The first-order valence-electron chi connectivity index (χ1n) is 10.0. The van der Waals surface area contributed by atoms with Crippen LogP contribution < -0.4 is 15.8 Å². The van der Waals surface area contributed by atoms with E-state index in [2.05, 4.69) is 0 Å². The van der Waals surface area contributed by atoms with E-state index in [0.29, 0.717) is 13.0 Å². The summed E-state index contributed by atoms with van der Waals surface area (Å²) in [4.78, 5) is 25.5. The number of aromatic hydroxyl groups is 1. The van der Waals surface area contributed by atoms with E-state index < -0.39 is 32.1 Å². The van der Waals surface area contributed by atoms with Crippen molar-refractivity contribution in [2.45, 2.75) is 32.1 Å². The number of rotatable bonds is 6. The fourth-order valence-corrected chi connectivity index (χ4v) is 4.93. The Kier molecular flexibility index (Phi) is 5.02. The summed E-state index contributed by atoms with van der Waals surface area (Å²) < 4.78 is 31.2. The highest BCUT2D eigenvalue weighted by Gasteiger charge is 2.41. The first-order valence-corrected chi connectivity index (χ1v) is 11.6. The second-order valence-electron chi connectivity index (χ2n) is 8.40. The Labute approximate surface area is 179 Å². The monoisotopic (exact) mass is 441 g/mol. The van der Waals surface area contributed by atoms with Gasteiger partial charge in [0, 0.05) is 23.0 Å². The summed E-state index contributed by atoms with van der Waals surface area (Å²) in [6.45, 7) is 4.46. The van der Waals surface area contributed by atoms with Crippen molar-refractivity contribution in [2.75, 3.05) is 17.2 Å². The number of benzene rings is 2. The van der Waals surface area contributed by atoms with Crippen molar-refractivity contribution in [1.82, 2.24) is 0 Å². The second kappa shape index (κ2) is 7.32. The van der Waals surface area contributed by atoms with E-state index in [9.17, 15) is 23.1 Å². The lowest BCUT2D eigenvalue weighted by atomic mass is 9.82. The van der Waals surface area contributed by atoms with E-state index in [1.807, 2.05) is 55.1 Å². The maximum Gasteiger partial charge on any atom is 0.268 e. The number of nitrogens with zero attached hydrogens (tertiary/aromatic N) is 1. The number of hydrogen-bond donors (Lipinski definition) is 2. The molecule has 4 rings (SSSR count). The van der Waals surface area contributed by atoms with Gasteiger partial charge in [-0.25, -0.2) is 0 Å². The predicted octanol–water partition coefficient (Wildman–Crippen LogP) is 2.95. The standard InChI is InChI=1S/C23H23NO6S/c1-23(2)17-10-9-14-7-3-4-8-15(14)19(17)24(11-5-6-12-31(28,29)30)18(23)13-16-20(25)22(27)21(16)26/h3-4,7-10,13,25H,5-6,11-12H2,1-2H3,(H,28,29,30). The van der Waals surface area contributed by atoms with Gasteiger partial charge in [0.2, 0.25) is 5.43 Å². The number of anilines is 1. The number of allylic oxidation sites excluding steroid dienone is 1. The molecule has 0 fully saturated rings. The molecule has 1 heterocycles. The van der Waals surface area contributed by atoms with Crippen molar-refractivity contribution in [3.63, 3.8) is 0 Å². The Hall–Kier alpha value is -2.97. The molecular weight excluding hydrogens is 418 g/mol. The van der Waals surface area contributed by atoms with Gasteiger partial charge in [0.05, 0.1) is 17.0 Å². The van der Waals surface area contributed by atoms with Gasteiger partial charge < -0.3 is 10.0 Å². The van der Waals surface area contributed by atoms with E-state index in [-0.39, 0.29) is 17.7 Å². The maximum atomic E-state index is 12.0. The van der Waals surface area contributed by atoms with Crippen LogP contribution in [-0.2, 0) is 15.5 Å². The Morgan fingerprint density at radius 1 is 1.03 bits per heavy atom. The third kappa shape index (κ3) is 3.55. The molecule has 0 saturated carbocycles. The number of unbranched alkanes of at least 4 members (excludes halogenated alkanes) is 1. The minimum atomic E-state index is -4.04. The summed E-state index contributed by atoms with van der Waals surface area (Å²) >= 11 is 0. The van der Waals surface area contributed by atoms with Crippen molar-refractivity contribution in [2.24, 2.45) is 0 Å². The molecule has 0 bridgehead atoms. The zero-order valence-electron chi connectivity index (χ0n) is 17.3. The van der Waals surface area contributed by atoms with Gasteiger partial charge in [0.1, 0.15) is 0 Å². The summed E-state index contributed by atoms with van der Waals surface area (Å²) in [6, 6.07) is 12.0. The molecule has 0 unspecified atom stereocenters. The second-order valence-corrected chi connectivity index (χ2v) is 9.97. The molecule has 1 aliphatic rings. The van der Waals surface area contributed by atoms with Gasteiger partial charge in [-0.05, 0) is 29.9 Å². The fourth-order valence-electron chi connectivity index (χ4n) is 4.36. The largest absolute Gasteiger partial charge is 0.504 e. The molecular formula is C23H23NO6S. The zero-order chi connectivity index (χ0) is 22.6. The Bertz CT molecular complexity index is 1390. The van der Waals surface area contributed by atoms with Gasteiger partial charge in [-0.15, -0.1) is 0 Å². The molecule has 3 aromatic carbocycles. The number of hydrogen-bond acceptors (Lipinski definition) is 6. The molecule has 1 aliphatic heterocycles. The Morgan fingerprint density at radius 2 is 1.74 bits per heavy atom. The molecule has 162 valence electrons. The molecule has 0 saturated heterocycles. The van der Waals surface area contributed by atoms with Crippen molar-refractivity contribution in [3.8, 4) is 5.75 Å². The van der Waals surface area contributed by atoms with Crippen LogP contribution in [0.15, 0.2) is 51.7 Å². The third-order valence-corrected chi connectivity index (χ3v) is 6.82. The molecule has 2 N–H and O–H groups in total. The topological polar surface area (TPSA) is 112 Å². The van der Waals surface area contributed by atoms with E-state index >= 15 is 0 Å². The highest BCUT2D eigenvalue weighted by molar-refractivity contribution is 7.85. The van der Waals surface area contributed by atoms with Crippen molar-refractivity contribution in [1.29, 1.82) is 0 Å². The van der Waals surface area contributed by atoms with Gasteiger partial charge >= 0.3 is 0 Å². The highest BCUT2D eigenvalue weighted by Crippen LogP contribution is 2.51. The lowest BCUT2D eigenvalue weighted by molar-refractivity contribution is 0.461. The van der Waals surface area contributed by atoms with Gasteiger partial charge in [-0.3, -0.25) is 14.1 Å². The van der Waals surface area contributed by atoms with Gasteiger partial charge in [-0.1, -0.05) is 50.2 Å². The molecule has 0 amide bonds. The molecule has 0 aromatic heterocycles. The van der Waals surface area contributed by atoms with Gasteiger partial charge in [-0.2, -0.15) is 8.42 Å². The van der Waals surface area contributed by atoms with Crippen LogP contribution in [0.25, 0.3) is 16.8 Å². The molecule has 31 heavy (non-hydrogen) atoms. The fraction of sp³-hybridized carbons (Fsp3) is 0.304. The highest BCUT2D eigenvalue weighted by atomic mass is 32.2. The third-order valence-electron chi connectivity index (χ3n) is 6.01. The summed E-state index contributed by atoms with van der Waals surface area (Å²) in [5.41, 5.74) is 0.610. The zero-order valence-corrected chi connectivity index (χ0v) is 18.1. The average molecular weight is 442 g/mol. The number of fused-ring (bicyclic) bond motifs is 3. The molecule has 7 nitrogen and oxygen atoms in total. The van der Waals surface area contributed by atoms with Crippen LogP contribution in [0.3, 0.4) is 0 Å². The van der Waals surface area contributed by atoms with Crippen molar-refractivity contribution in [3.05, 3.63) is 73.7 Å². The lowest BCUT2D eigenvalue weighted by Gasteiger charge is -2.28. The Balaban J connectivity index is 1.83. The van der Waals surface area contributed by atoms with Gasteiger partial charge in [0.15, 0.2) is 5.75 Å². The smallest absolute Gasteiger partial charge is 0.268 e. The van der Waals surface area contributed by atoms with Gasteiger partial charge in [0.25, 0.3) is 15.5 Å². The van der Waals surface area contributed by atoms with Crippen LogP contribution in [0.1, 0.15) is 37.8 Å². The predicted molar refractivity (Wildman–Crippen MR) is 121 cm³/mol. The average Bonchev–Trinajstić information content (AvgIpc) is 2.94. The van der Waals surface area contributed by atoms with Crippen LogP contribution >= 0.6 is 0 Å². The summed E-state index contributed by atoms with van der Waals surface area (Å²) in [6.07, 6.45) is 2.32. The summed E-state index contributed by atoms with van der Waals surface area (Å²) in [5, 5.41) is 12.0. The SMILES string of the molecule is CC1(C)C(=Cc2c(O)c(=O)c2=O)N(CCCCS(=O)(=O)O)c2c1ccc1ccccc21. The summed E-state index contributed by atoms with van der Waals surface area (Å²) in [5.74, 6) is -0.856. The first kappa shape index (κ1) is 21.3.